The second-order valence-electron chi connectivity index (χ2n) is 33.1. The van der Waals surface area contributed by atoms with Gasteiger partial charge in [-0.05, 0) is 240 Å². The van der Waals surface area contributed by atoms with Crippen LogP contribution in [0.15, 0.2) is 452 Å². The standard InChI is InChI=1S/C40H25N5O.C39H24N6O.C38H23N7O/c1-2-6-30(7-3-1)40-44-33-14-15-36-38(39(33)46-40)32-8-4-5-9-35(32)45(36)37-25-31(24-34(43-37)29-18-22-42-23-19-29)27-12-10-26(11-13-27)28-16-20-41-21-17-28;1-2-6-29(7-3-1)38-42-31-14-15-35-36(37(31)46-38)30-8-4-5-9-34(30)45(35)39-43-32(24-33(44-39)28-18-22-41-23-19-28)27-12-10-25(11-13-27)26-16-20-40-21-17-26;1-2-6-27(7-3-1)38-41-30-14-15-32-33(34(30)46-38)29-8-4-5-9-31(29)45(32)28-12-10-24(11-13-28)35-42-36(25-16-20-39-21-17-25)44-37(43-35)26-18-22-40-23-19-26/h1-25H;1-24H;1-23H. The van der Waals surface area contributed by atoms with Gasteiger partial charge in [0, 0.05) is 146 Å². The molecular weight excluding hydrogens is 1710 g/mol. The van der Waals surface area contributed by atoms with Crippen LogP contribution < -0.4 is 0 Å². The summed E-state index contributed by atoms with van der Waals surface area (Å²) in [6.45, 7) is 0. The van der Waals surface area contributed by atoms with E-state index in [9.17, 15) is 0 Å². The van der Waals surface area contributed by atoms with Crippen molar-refractivity contribution in [3.05, 3.63) is 438 Å². The van der Waals surface area contributed by atoms with Crippen molar-refractivity contribution in [3.63, 3.8) is 0 Å². The van der Waals surface area contributed by atoms with E-state index in [1.807, 2.05) is 225 Å². The van der Waals surface area contributed by atoms with Crippen LogP contribution in [0.3, 0.4) is 0 Å². The number of hydrogen-bond acceptors (Lipinski definition) is 18. The van der Waals surface area contributed by atoms with E-state index in [4.69, 9.17) is 58.1 Å². The molecule has 0 amide bonds. The van der Waals surface area contributed by atoms with Crippen molar-refractivity contribution in [2.24, 2.45) is 0 Å². The van der Waals surface area contributed by atoms with Gasteiger partial charge in [0.25, 0.3) is 0 Å². The fourth-order valence-corrected chi connectivity index (χ4v) is 18.3. The molecule has 0 bridgehead atoms. The summed E-state index contributed by atoms with van der Waals surface area (Å²) in [4.78, 5) is 69.7. The first-order valence-corrected chi connectivity index (χ1v) is 45.0. The number of rotatable bonds is 15. The minimum absolute atomic E-state index is 0.566. The normalized spacial score (nSPS) is 11.5. The lowest BCUT2D eigenvalue weighted by Gasteiger charge is -2.13. The third-order valence-corrected chi connectivity index (χ3v) is 24.9. The van der Waals surface area contributed by atoms with Gasteiger partial charge in [0.05, 0.1) is 66.3 Å². The van der Waals surface area contributed by atoms with E-state index in [0.29, 0.717) is 41.1 Å². The highest BCUT2D eigenvalue weighted by Gasteiger charge is 2.27. The first-order chi connectivity index (χ1) is 68.4. The highest BCUT2D eigenvalue weighted by molar-refractivity contribution is 6.22. The lowest BCUT2D eigenvalue weighted by molar-refractivity contribution is 0.622. The summed E-state index contributed by atoms with van der Waals surface area (Å²) in [6, 6.07) is 123. The van der Waals surface area contributed by atoms with Gasteiger partial charge in [0.15, 0.2) is 34.2 Å². The molecule has 0 unspecified atom stereocenters. The lowest BCUT2D eigenvalue weighted by Crippen LogP contribution is -2.04. The maximum absolute atomic E-state index is 6.50. The van der Waals surface area contributed by atoms with Crippen LogP contribution in [0.5, 0.6) is 0 Å². The molecule has 0 atom stereocenters. The van der Waals surface area contributed by atoms with Gasteiger partial charge in [-0.2, -0.15) is 0 Å². The van der Waals surface area contributed by atoms with Crippen molar-refractivity contribution in [3.8, 4) is 153 Å². The van der Waals surface area contributed by atoms with Crippen molar-refractivity contribution < 1.29 is 13.3 Å². The zero-order chi connectivity index (χ0) is 91.4. The summed E-state index contributed by atoms with van der Waals surface area (Å²) >= 11 is 0. The molecule has 0 saturated carbocycles. The summed E-state index contributed by atoms with van der Waals surface area (Å²) in [5.74, 6) is 4.93. The minimum atomic E-state index is 0.566. The van der Waals surface area contributed by atoms with Gasteiger partial charge in [-0.25, -0.2) is 44.9 Å². The van der Waals surface area contributed by atoms with Crippen LogP contribution in [-0.4, -0.2) is 88.5 Å². The molecule has 648 valence electrons. The molecular formula is C117H72N18O3. The number of benzene rings is 12. The summed E-state index contributed by atoms with van der Waals surface area (Å²) in [7, 11) is 0. The summed E-state index contributed by atoms with van der Waals surface area (Å²) in [6.07, 6.45) is 21.4. The van der Waals surface area contributed by atoms with E-state index in [0.717, 1.165) is 211 Å². The highest BCUT2D eigenvalue weighted by atomic mass is 16.4. The first-order valence-electron chi connectivity index (χ1n) is 45.0. The number of fused-ring (bicyclic) bond motifs is 15. The monoisotopic (exact) mass is 1780 g/mol. The summed E-state index contributed by atoms with van der Waals surface area (Å²) < 4.78 is 26.0. The zero-order valence-corrected chi connectivity index (χ0v) is 73.3. The molecule has 27 rings (SSSR count). The van der Waals surface area contributed by atoms with Gasteiger partial charge in [-0.15, -0.1) is 0 Å². The lowest BCUT2D eigenvalue weighted by atomic mass is 10.00. The Morgan fingerprint density at radius 2 is 0.471 bits per heavy atom. The molecule has 0 N–H and O–H groups in total. The Hall–Kier alpha value is -19.4. The van der Waals surface area contributed by atoms with Gasteiger partial charge in [-0.1, -0.05) is 158 Å². The van der Waals surface area contributed by atoms with Crippen molar-refractivity contribution in [2.75, 3.05) is 0 Å². The van der Waals surface area contributed by atoms with Crippen molar-refractivity contribution in [2.45, 2.75) is 0 Å². The maximum Gasteiger partial charge on any atom is 0.235 e. The topological polar surface area (TPSA) is 248 Å². The minimum Gasteiger partial charge on any atom is -0.435 e. The van der Waals surface area contributed by atoms with Crippen molar-refractivity contribution >= 4 is 98.7 Å². The van der Waals surface area contributed by atoms with Crippen LogP contribution in [0.1, 0.15) is 0 Å². The van der Waals surface area contributed by atoms with Crippen LogP contribution in [0, 0.1) is 0 Å². The van der Waals surface area contributed by atoms with Gasteiger partial charge in [0.2, 0.25) is 23.6 Å². The molecule has 0 aliphatic rings. The third kappa shape index (κ3) is 15.0. The molecule has 21 heteroatoms. The van der Waals surface area contributed by atoms with Crippen molar-refractivity contribution in [1.82, 2.24) is 88.5 Å². The highest BCUT2D eigenvalue weighted by Crippen LogP contribution is 2.45. The Labute approximate surface area is 786 Å². The molecule has 0 radical (unpaired) electrons. The van der Waals surface area contributed by atoms with Gasteiger partial charge in [-0.3, -0.25) is 39.0 Å². The molecule has 0 spiro atoms. The smallest absolute Gasteiger partial charge is 0.235 e. The van der Waals surface area contributed by atoms with Gasteiger partial charge >= 0.3 is 0 Å². The molecule has 15 aromatic heterocycles. The average molecular weight is 1780 g/mol. The molecule has 21 nitrogen and oxygen atoms in total. The van der Waals surface area contributed by atoms with Crippen LogP contribution in [-0.2, 0) is 0 Å². The molecule has 0 fully saturated rings. The fourth-order valence-electron chi connectivity index (χ4n) is 18.3. The zero-order valence-electron chi connectivity index (χ0n) is 73.3. The Kier molecular flexibility index (Phi) is 20.3. The number of pyridine rings is 7. The largest absolute Gasteiger partial charge is 0.435 e. The predicted octanol–water partition coefficient (Wildman–Crippen LogP) is 27.5. The molecule has 15 heterocycles. The third-order valence-electron chi connectivity index (χ3n) is 24.9. The second kappa shape index (κ2) is 34.7. The van der Waals surface area contributed by atoms with E-state index >= 15 is 0 Å². The van der Waals surface area contributed by atoms with Crippen LogP contribution in [0.2, 0.25) is 0 Å². The Balaban J connectivity index is 0.000000110. The van der Waals surface area contributed by atoms with Gasteiger partial charge in [0.1, 0.15) is 22.4 Å². The molecule has 0 aliphatic carbocycles. The number of oxazole rings is 3. The van der Waals surface area contributed by atoms with E-state index in [1.54, 1.807) is 49.6 Å². The maximum atomic E-state index is 6.50. The van der Waals surface area contributed by atoms with Crippen molar-refractivity contribution in [1.29, 1.82) is 0 Å². The van der Waals surface area contributed by atoms with E-state index in [2.05, 4.69) is 207 Å². The molecule has 12 aromatic carbocycles. The van der Waals surface area contributed by atoms with E-state index < -0.39 is 0 Å². The first kappa shape index (κ1) is 80.7. The Bertz CT molecular complexity index is 8800. The quantitative estimate of drug-likeness (QED) is 0.0925. The average Bonchev–Trinajstić information content (AvgIpc) is 1.58. The SMILES string of the molecule is c1ccc(-c2nc3ccc4c(c5ccccc5n4-c4cc(-c5ccc(-c6ccncc6)cc5)cc(-c5ccncc5)n4)c3o2)cc1.c1ccc(-c2nc3ccc4c(c5ccccc5n4-c4ccc(-c5nc(-c6ccncc6)nc(-c6ccncc6)n5)cc4)c3o2)cc1.c1ccc(-c2nc3ccc4c(c5ccccc5n4-c4nc(-c5ccncc5)cc(-c5ccc(-c6ccncc6)cc5)n4)c3o2)cc1. The molecule has 0 saturated heterocycles. The van der Waals surface area contributed by atoms with Crippen LogP contribution >= 0.6 is 0 Å². The number of para-hydroxylation sites is 3. The second-order valence-corrected chi connectivity index (χ2v) is 33.1. The Morgan fingerprint density at radius 3 is 0.870 bits per heavy atom. The summed E-state index contributed by atoms with van der Waals surface area (Å²) in [5.41, 5.74) is 29.4. The number of hydrogen-bond donors (Lipinski definition) is 0. The number of aromatic nitrogens is 18. The Morgan fingerprint density at radius 1 is 0.181 bits per heavy atom. The predicted molar refractivity (Wildman–Crippen MR) is 544 cm³/mol. The molecule has 0 aliphatic heterocycles. The van der Waals surface area contributed by atoms with E-state index in [1.165, 1.54) is 0 Å². The fraction of sp³-hybridized carbons (Fsp3) is 0. The molecule has 27 aromatic rings. The van der Waals surface area contributed by atoms with E-state index in [-0.39, 0.29) is 0 Å². The number of nitrogens with zero attached hydrogens (tertiary/aromatic N) is 18. The van der Waals surface area contributed by atoms with Crippen LogP contribution in [0.25, 0.3) is 252 Å². The molecule has 138 heavy (non-hydrogen) atoms. The van der Waals surface area contributed by atoms with Gasteiger partial charge < -0.3 is 17.8 Å². The summed E-state index contributed by atoms with van der Waals surface area (Å²) in [5, 5.41) is 6.25. The van der Waals surface area contributed by atoms with Crippen LogP contribution in [0.4, 0.5) is 0 Å².